The lowest BCUT2D eigenvalue weighted by Crippen LogP contribution is -2.36. The van der Waals surface area contributed by atoms with Crippen LogP contribution in [0.15, 0.2) is 39.7 Å². The summed E-state index contributed by atoms with van der Waals surface area (Å²) >= 11 is 4.95. The number of thiophene rings is 1. The summed E-state index contributed by atoms with van der Waals surface area (Å²) in [7, 11) is 0. The smallest absolute Gasteiger partial charge is 0.295 e. The average Bonchev–Trinajstić information content (AvgIpc) is 3.41. The van der Waals surface area contributed by atoms with Gasteiger partial charge in [0, 0.05) is 28.1 Å². The first-order valence-electron chi connectivity index (χ1n) is 9.59. The molecular formula is C22H22BrNO4S. The summed E-state index contributed by atoms with van der Waals surface area (Å²) in [6.07, 6.45) is 1.74. The number of rotatable bonds is 4. The number of Topliss-reactive ketones (excluding diaryl/α,β-unsaturated/α-hetero) is 1. The summed E-state index contributed by atoms with van der Waals surface area (Å²) in [6, 6.07) is 6.76. The lowest BCUT2D eigenvalue weighted by atomic mass is 9.97. The molecule has 2 fully saturated rings. The van der Waals surface area contributed by atoms with Gasteiger partial charge in [0.15, 0.2) is 0 Å². The molecule has 1 aromatic carbocycles. The van der Waals surface area contributed by atoms with Crippen molar-refractivity contribution in [2.45, 2.75) is 38.8 Å². The highest BCUT2D eigenvalue weighted by molar-refractivity contribution is 9.10. The van der Waals surface area contributed by atoms with Gasteiger partial charge in [-0.15, -0.1) is 11.3 Å². The molecular weight excluding hydrogens is 454 g/mol. The van der Waals surface area contributed by atoms with E-state index in [9.17, 15) is 14.7 Å². The number of ether oxygens (including phenoxy) is 1. The van der Waals surface area contributed by atoms with Crippen LogP contribution in [0, 0.1) is 13.8 Å². The lowest BCUT2D eigenvalue weighted by molar-refractivity contribution is -0.140. The van der Waals surface area contributed by atoms with Gasteiger partial charge in [0.2, 0.25) is 0 Å². The quantitative estimate of drug-likeness (QED) is 0.394. The van der Waals surface area contributed by atoms with Crippen LogP contribution in [-0.4, -0.2) is 41.0 Å². The zero-order valence-corrected chi connectivity index (χ0v) is 18.7. The fourth-order valence-corrected chi connectivity index (χ4v) is 5.25. The van der Waals surface area contributed by atoms with Gasteiger partial charge in [-0.25, -0.2) is 0 Å². The van der Waals surface area contributed by atoms with Crippen LogP contribution in [-0.2, 0) is 14.3 Å². The zero-order chi connectivity index (χ0) is 20.7. The van der Waals surface area contributed by atoms with E-state index < -0.39 is 17.7 Å². The molecule has 152 valence electrons. The number of carbonyl (C=O) groups is 2. The number of benzene rings is 1. The largest absolute Gasteiger partial charge is 0.507 e. The Kier molecular flexibility index (Phi) is 5.64. The van der Waals surface area contributed by atoms with Crippen molar-refractivity contribution in [3.05, 3.63) is 61.3 Å². The van der Waals surface area contributed by atoms with Gasteiger partial charge in [0.1, 0.15) is 5.76 Å². The van der Waals surface area contributed by atoms with E-state index in [1.807, 2.05) is 37.4 Å². The minimum absolute atomic E-state index is 0.0778. The number of aryl methyl sites for hydroxylation is 2. The number of likely N-dealkylation sites (tertiary alicyclic amines) is 1. The summed E-state index contributed by atoms with van der Waals surface area (Å²) < 4.78 is 6.63. The first-order chi connectivity index (χ1) is 13.9. The van der Waals surface area contributed by atoms with Gasteiger partial charge in [-0.2, -0.15) is 0 Å². The van der Waals surface area contributed by atoms with Crippen LogP contribution in [0.2, 0.25) is 0 Å². The third-order valence-electron chi connectivity index (χ3n) is 5.55. The second-order valence-corrected chi connectivity index (χ2v) is 9.32. The number of carbonyl (C=O) groups excluding carboxylic acids is 2. The number of hydrogen-bond acceptors (Lipinski definition) is 5. The Labute approximate surface area is 182 Å². The predicted octanol–water partition coefficient (Wildman–Crippen LogP) is 4.73. The molecule has 7 heteroatoms. The Morgan fingerprint density at radius 3 is 2.69 bits per heavy atom. The molecule has 0 aliphatic carbocycles. The molecule has 1 amide bonds. The van der Waals surface area contributed by atoms with Crippen molar-refractivity contribution in [2.75, 3.05) is 13.2 Å². The number of nitrogens with zero attached hydrogens (tertiary/aromatic N) is 1. The maximum atomic E-state index is 13.0. The first kappa shape index (κ1) is 20.3. The molecule has 2 aliphatic rings. The van der Waals surface area contributed by atoms with Gasteiger partial charge >= 0.3 is 0 Å². The van der Waals surface area contributed by atoms with Crippen molar-refractivity contribution in [3.8, 4) is 0 Å². The van der Waals surface area contributed by atoms with Crippen LogP contribution < -0.4 is 0 Å². The molecule has 2 atom stereocenters. The van der Waals surface area contributed by atoms with Crippen LogP contribution in [0.5, 0.6) is 0 Å². The van der Waals surface area contributed by atoms with Crippen molar-refractivity contribution in [3.63, 3.8) is 0 Å². The van der Waals surface area contributed by atoms with Crippen LogP contribution in [0.25, 0.3) is 5.76 Å². The summed E-state index contributed by atoms with van der Waals surface area (Å²) in [5.41, 5.74) is 2.61. The highest BCUT2D eigenvalue weighted by atomic mass is 79.9. The Bertz CT molecular complexity index is 1010. The van der Waals surface area contributed by atoms with E-state index in [1.165, 1.54) is 11.3 Å². The molecule has 29 heavy (non-hydrogen) atoms. The predicted molar refractivity (Wildman–Crippen MR) is 116 cm³/mol. The van der Waals surface area contributed by atoms with Gasteiger partial charge in [-0.05, 0) is 61.4 Å². The molecule has 2 unspecified atom stereocenters. The van der Waals surface area contributed by atoms with Gasteiger partial charge in [0.25, 0.3) is 11.7 Å². The Morgan fingerprint density at radius 2 is 2.07 bits per heavy atom. The summed E-state index contributed by atoms with van der Waals surface area (Å²) in [5.74, 6) is -1.35. The number of aliphatic hydroxyl groups is 1. The van der Waals surface area contributed by atoms with E-state index in [2.05, 4.69) is 15.9 Å². The minimum Gasteiger partial charge on any atom is -0.507 e. The second-order valence-electron chi connectivity index (χ2n) is 7.52. The van der Waals surface area contributed by atoms with Crippen molar-refractivity contribution in [2.24, 2.45) is 0 Å². The average molecular weight is 476 g/mol. The number of hydrogen-bond donors (Lipinski definition) is 1. The molecule has 2 aromatic rings. The third-order valence-corrected chi connectivity index (χ3v) is 7.51. The van der Waals surface area contributed by atoms with Gasteiger partial charge in [-0.3, -0.25) is 9.59 Å². The monoisotopic (exact) mass is 475 g/mol. The van der Waals surface area contributed by atoms with E-state index in [-0.39, 0.29) is 17.4 Å². The Hall–Kier alpha value is -1.96. The van der Waals surface area contributed by atoms with Crippen molar-refractivity contribution < 1.29 is 19.4 Å². The molecule has 0 saturated carbocycles. The maximum Gasteiger partial charge on any atom is 0.295 e. The number of amides is 1. The van der Waals surface area contributed by atoms with Crippen LogP contribution in [0.4, 0.5) is 0 Å². The third kappa shape index (κ3) is 3.67. The zero-order valence-electron chi connectivity index (χ0n) is 16.3. The number of ketones is 1. The topological polar surface area (TPSA) is 66.8 Å². The van der Waals surface area contributed by atoms with E-state index in [0.29, 0.717) is 18.7 Å². The van der Waals surface area contributed by atoms with Crippen LogP contribution in [0.1, 0.15) is 40.5 Å². The molecule has 4 rings (SSSR count). The molecule has 0 spiro atoms. The summed E-state index contributed by atoms with van der Waals surface area (Å²) in [5, 5.41) is 13.0. The fraction of sp³-hybridized carbons (Fsp3) is 0.364. The summed E-state index contributed by atoms with van der Waals surface area (Å²) in [6.45, 7) is 4.90. The highest BCUT2D eigenvalue weighted by Gasteiger charge is 2.47. The lowest BCUT2D eigenvalue weighted by Gasteiger charge is -2.27. The van der Waals surface area contributed by atoms with E-state index >= 15 is 0 Å². The molecule has 2 aliphatic heterocycles. The SMILES string of the molecule is Cc1cc(/C(O)=C2/C(=O)C(=O)N(CC3CCCO3)C2c2sccc2C)ccc1Br. The van der Waals surface area contributed by atoms with Crippen molar-refractivity contribution in [1.82, 2.24) is 4.90 Å². The molecule has 5 nitrogen and oxygen atoms in total. The maximum absolute atomic E-state index is 13.0. The first-order valence-corrected chi connectivity index (χ1v) is 11.3. The normalized spacial score (nSPS) is 23.9. The van der Waals surface area contributed by atoms with Crippen molar-refractivity contribution >= 4 is 44.7 Å². The van der Waals surface area contributed by atoms with Gasteiger partial charge in [0.05, 0.1) is 17.7 Å². The summed E-state index contributed by atoms with van der Waals surface area (Å²) in [4.78, 5) is 28.4. The molecule has 3 heterocycles. The van der Waals surface area contributed by atoms with Gasteiger partial charge < -0.3 is 14.7 Å². The standard InChI is InChI=1S/C22H22BrNO4S/c1-12-7-9-29-21(12)18-17(19(25)14-5-6-16(23)13(2)10-14)20(26)22(27)24(18)11-15-4-3-8-28-15/h5-7,9-10,15,18,25H,3-4,8,11H2,1-2H3/b19-17-. The van der Waals surface area contributed by atoms with E-state index in [0.717, 1.165) is 33.3 Å². The molecule has 0 bridgehead atoms. The van der Waals surface area contributed by atoms with E-state index in [4.69, 9.17) is 4.74 Å². The molecule has 1 aromatic heterocycles. The molecule has 2 saturated heterocycles. The number of aliphatic hydroxyl groups excluding tert-OH is 1. The fourth-order valence-electron chi connectivity index (χ4n) is 3.96. The van der Waals surface area contributed by atoms with Gasteiger partial charge in [-0.1, -0.05) is 22.0 Å². The van der Waals surface area contributed by atoms with Crippen LogP contribution in [0.3, 0.4) is 0 Å². The van der Waals surface area contributed by atoms with Crippen molar-refractivity contribution in [1.29, 1.82) is 0 Å². The molecule has 0 radical (unpaired) electrons. The Morgan fingerprint density at radius 1 is 1.28 bits per heavy atom. The van der Waals surface area contributed by atoms with E-state index in [1.54, 1.807) is 11.0 Å². The highest BCUT2D eigenvalue weighted by Crippen LogP contribution is 2.43. The second kappa shape index (κ2) is 8.05. The van der Waals surface area contributed by atoms with Crippen LogP contribution >= 0.6 is 27.3 Å². The number of halogens is 1. The minimum atomic E-state index is -0.640. The Balaban J connectivity index is 1.83. The molecule has 1 N–H and O–H groups in total.